The van der Waals surface area contributed by atoms with E-state index in [-0.39, 0.29) is 17.7 Å². The van der Waals surface area contributed by atoms with Crippen LogP contribution in [0, 0.1) is 0 Å². The van der Waals surface area contributed by atoms with Crippen molar-refractivity contribution in [3.8, 4) is 5.69 Å². The van der Waals surface area contributed by atoms with E-state index in [0.29, 0.717) is 25.1 Å². The Morgan fingerprint density at radius 2 is 1.82 bits per heavy atom. The van der Waals surface area contributed by atoms with E-state index in [1.807, 2.05) is 41.2 Å². The summed E-state index contributed by atoms with van der Waals surface area (Å²) >= 11 is 0. The summed E-state index contributed by atoms with van der Waals surface area (Å²) < 4.78 is 3.41. The largest absolute Gasteiger partial charge is 0.389 e. The summed E-state index contributed by atoms with van der Waals surface area (Å²) in [6, 6.07) is 11.5. The zero-order valence-electron chi connectivity index (χ0n) is 18.6. The fourth-order valence-corrected chi connectivity index (χ4v) is 4.69. The average Bonchev–Trinajstić information content (AvgIpc) is 3.44. The van der Waals surface area contributed by atoms with Gasteiger partial charge in [-0.05, 0) is 43.5 Å². The number of hydrogen-bond donors (Lipinski definition) is 3. The molecule has 4 aromatic rings. The lowest BCUT2D eigenvalue weighted by Crippen LogP contribution is -2.50. The molecule has 10 nitrogen and oxygen atoms in total. The highest BCUT2D eigenvalue weighted by molar-refractivity contribution is 5.62. The summed E-state index contributed by atoms with van der Waals surface area (Å²) in [7, 11) is 0. The lowest BCUT2D eigenvalue weighted by molar-refractivity contribution is 0.142. The monoisotopic (exact) mass is 458 g/mol. The summed E-state index contributed by atoms with van der Waals surface area (Å²) in [5, 5.41) is 21.1. The highest BCUT2D eigenvalue weighted by atomic mass is 16.3. The first-order valence-corrected chi connectivity index (χ1v) is 11.6. The first-order valence-electron chi connectivity index (χ1n) is 11.6. The molecule has 0 aromatic carbocycles. The number of aliphatic hydroxyl groups excluding tert-OH is 1. The van der Waals surface area contributed by atoms with Crippen molar-refractivity contribution in [1.29, 1.82) is 0 Å². The van der Waals surface area contributed by atoms with E-state index in [1.54, 1.807) is 23.0 Å². The third-order valence-electron chi connectivity index (χ3n) is 6.53. The summed E-state index contributed by atoms with van der Waals surface area (Å²) in [6.45, 7) is 1.32. The van der Waals surface area contributed by atoms with Gasteiger partial charge in [-0.25, -0.2) is 14.5 Å². The van der Waals surface area contributed by atoms with Crippen LogP contribution in [0.1, 0.15) is 19.3 Å². The molecule has 2 fully saturated rings. The minimum Gasteiger partial charge on any atom is -0.389 e. The number of rotatable bonds is 6. The molecule has 2 atom stereocenters. The van der Waals surface area contributed by atoms with Crippen molar-refractivity contribution in [3.63, 3.8) is 0 Å². The maximum atomic E-state index is 12.0. The van der Waals surface area contributed by atoms with Gasteiger partial charge in [-0.2, -0.15) is 0 Å². The van der Waals surface area contributed by atoms with Crippen LogP contribution in [0.15, 0.2) is 66.0 Å². The molecule has 1 aliphatic heterocycles. The topological polar surface area (TPSA) is 113 Å². The molecule has 3 N–H and O–H groups in total. The Labute approximate surface area is 195 Å². The van der Waals surface area contributed by atoms with Gasteiger partial charge < -0.3 is 20.6 Å². The summed E-state index contributed by atoms with van der Waals surface area (Å²) in [4.78, 5) is 23.1. The third kappa shape index (κ3) is 4.08. The van der Waals surface area contributed by atoms with Gasteiger partial charge in [0, 0.05) is 37.4 Å². The number of aromatic nitrogens is 5. The van der Waals surface area contributed by atoms with Gasteiger partial charge in [0.05, 0.1) is 41.6 Å². The van der Waals surface area contributed by atoms with Gasteiger partial charge in [-0.1, -0.05) is 6.07 Å². The van der Waals surface area contributed by atoms with Crippen LogP contribution in [0.2, 0.25) is 0 Å². The van der Waals surface area contributed by atoms with E-state index in [4.69, 9.17) is 0 Å². The molecule has 34 heavy (non-hydrogen) atoms. The maximum Gasteiger partial charge on any atom is 0.255 e. The molecule has 1 aliphatic carbocycles. The van der Waals surface area contributed by atoms with E-state index in [2.05, 4.69) is 30.6 Å². The van der Waals surface area contributed by atoms with E-state index in [1.165, 1.54) is 6.07 Å². The molecular weight excluding hydrogens is 432 g/mol. The number of anilines is 3. The molecule has 0 bridgehead atoms. The second-order valence-electron chi connectivity index (χ2n) is 9.01. The molecule has 174 valence electrons. The molecule has 1 saturated carbocycles. The normalized spacial score (nSPS) is 20.4. The predicted molar refractivity (Wildman–Crippen MR) is 130 cm³/mol. The molecule has 0 spiro atoms. The number of pyridine rings is 2. The Morgan fingerprint density at radius 3 is 2.59 bits per heavy atom. The number of aliphatic hydroxyl groups is 1. The molecule has 2 aliphatic rings. The smallest absolute Gasteiger partial charge is 0.255 e. The van der Waals surface area contributed by atoms with Crippen molar-refractivity contribution in [1.82, 2.24) is 24.1 Å². The van der Waals surface area contributed by atoms with Crippen molar-refractivity contribution in [3.05, 3.63) is 71.5 Å². The van der Waals surface area contributed by atoms with Gasteiger partial charge in [-0.15, -0.1) is 5.10 Å². The van der Waals surface area contributed by atoms with Gasteiger partial charge in [0.1, 0.15) is 5.82 Å². The SMILES string of the molecule is O=c1ccccn1-c1ccc(N[C@H]2CC[C@H](Nc3ncc4cc(N5CC(O)C5)cn4n3)C2)nc1. The highest BCUT2D eigenvalue weighted by Crippen LogP contribution is 2.26. The molecule has 5 heterocycles. The van der Waals surface area contributed by atoms with E-state index < -0.39 is 0 Å². The Balaban J connectivity index is 1.06. The average molecular weight is 459 g/mol. The zero-order valence-corrected chi connectivity index (χ0v) is 18.6. The van der Waals surface area contributed by atoms with Gasteiger partial charge in [0.25, 0.3) is 5.56 Å². The Bertz CT molecular complexity index is 1360. The highest BCUT2D eigenvalue weighted by Gasteiger charge is 2.27. The third-order valence-corrected chi connectivity index (χ3v) is 6.53. The summed E-state index contributed by atoms with van der Waals surface area (Å²) in [6.07, 6.45) is 9.98. The predicted octanol–water partition coefficient (Wildman–Crippen LogP) is 1.90. The number of β-amino-alcohol motifs (C(OH)–C–C–N with tert-alkyl or cyclic N) is 1. The minimum absolute atomic E-state index is 0.0781. The van der Waals surface area contributed by atoms with Crippen LogP contribution in [-0.4, -0.2) is 60.5 Å². The van der Waals surface area contributed by atoms with Crippen LogP contribution in [-0.2, 0) is 0 Å². The van der Waals surface area contributed by atoms with E-state index >= 15 is 0 Å². The van der Waals surface area contributed by atoms with Crippen molar-refractivity contribution in [2.45, 2.75) is 37.5 Å². The van der Waals surface area contributed by atoms with Crippen LogP contribution in [0.3, 0.4) is 0 Å². The second-order valence-corrected chi connectivity index (χ2v) is 9.01. The second kappa shape index (κ2) is 8.45. The van der Waals surface area contributed by atoms with Crippen LogP contribution < -0.4 is 21.1 Å². The quantitative estimate of drug-likeness (QED) is 0.402. The molecular formula is C24H26N8O2. The number of nitrogens with one attached hydrogen (secondary N) is 2. The Morgan fingerprint density at radius 1 is 0.971 bits per heavy atom. The van der Waals surface area contributed by atoms with Crippen molar-refractivity contribution >= 4 is 23.0 Å². The van der Waals surface area contributed by atoms with Gasteiger partial charge in [-0.3, -0.25) is 9.36 Å². The zero-order chi connectivity index (χ0) is 23.1. The molecule has 6 rings (SSSR count). The Hall–Kier alpha value is -3.92. The van der Waals surface area contributed by atoms with Crippen molar-refractivity contribution in [2.75, 3.05) is 28.6 Å². The van der Waals surface area contributed by atoms with Crippen LogP contribution >= 0.6 is 0 Å². The van der Waals surface area contributed by atoms with Crippen LogP contribution in [0.25, 0.3) is 11.2 Å². The lowest BCUT2D eigenvalue weighted by atomic mass is 10.1. The van der Waals surface area contributed by atoms with Gasteiger partial charge >= 0.3 is 0 Å². The van der Waals surface area contributed by atoms with Crippen molar-refractivity contribution < 1.29 is 5.11 Å². The van der Waals surface area contributed by atoms with E-state index in [9.17, 15) is 9.90 Å². The van der Waals surface area contributed by atoms with Crippen LogP contribution in [0.5, 0.6) is 0 Å². The number of fused-ring (bicyclic) bond motifs is 1. The maximum absolute atomic E-state index is 12.0. The Kier molecular flexibility index (Phi) is 5.14. The molecule has 0 radical (unpaired) electrons. The first-order chi connectivity index (χ1) is 16.6. The first kappa shape index (κ1) is 20.7. The fraction of sp³-hybridized carbons (Fsp3) is 0.333. The fourth-order valence-electron chi connectivity index (χ4n) is 4.69. The molecule has 0 amide bonds. The van der Waals surface area contributed by atoms with Gasteiger partial charge in [0.2, 0.25) is 5.95 Å². The molecule has 1 saturated heterocycles. The molecule has 10 heteroatoms. The van der Waals surface area contributed by atoms with Gasteiger partial charge in [0.15, 0.2) is 0 Å². The molecule has 0 unspecified atom stereocenters. The number of nitrogens with zero attached hydrogens (tertiary/aromatic N) is 6. The molecule has 4 aromatic heterocycles. The van der Waals surface area contributed by atoms with Crippen molar-refractivity contribution in [2.24, 2.45) is 0 Å². The van der Waals surface area contributed by atoms with Crippen LogP contribution in [0.4, 0.5) is 17.5 Å². The summed E-state index contributed by atoms with van der Waals surface area (Å²) in [5.41, 5.74) is 2.65. The van der Waals surface area contributed by atoms with E-state index in [0.717, 1.165) is 42.0 Å². The summed E-state index contributed by atoms with van der Waals surface area (Å²) in [5.74, 6) is 1.41. The number of hydrogen-bond acceptors (Lipinski definition) is 8. The standard InChI is InChI=1S/C24H26N8O2/c33-21-14-30(15-21)20-10-19-12-26-24(29-32(19)13-20)28-17-5-4-16(9-17)27-22-7-6-18(11-25-22)31-8-2-1-3-23(31)34/h1-3,6-8,10-13,16-17,21,33H,4-5,9,14-15H2,(H,25,27)(H,28,29)/t16-,17-/m0/s1. The lowest BCUT2D eigenvalue weighted by Gasteiger charge is -2.36. The minimum atomic E-state index is -0.239.